The zero-order valence-electron chi connectivity index (χ0n) is 16.4. The van der Waals surface area contributed by atoms with Gasteiger partial charge < -0.3 is 5.32 Å². The first-order valence-electron chi connectivity index (χ1n) is 9.22. The van der Waals surface area contributed by atoms with Crippen molar-refractivity contribution in [2.45, 2.75) is 20.0 Å². The molecule has 0 spiro atoms. The van der Waals surface area contributed by atoms with Crippen molar-refractivity contribution in [3.63, 3.8) is 0 Å². The Labute approximate surface area is 189 Å². The molecule has 31 heavy (non-hydrogen) atoms. The fourth-order valence-corrected chi connectivity index (χ4v) is 4.03. The fourth-order valence-electron chi connectivity index (χ4n) is 2.97. The van der Waals surface area contributed by atoms with Gasteiger partial charge in [0.15, 0.2) is 5.82 Å². The monoisotopic (exact) mass is 500 g/mol. The molecule has 4 rings (SSSR count). The number of aromatic nitrogens is 4. The number of carbonyl (C=O) groups is 1. The van der Waals surface area contributed by atoms with Crippen molar-refractivity contribution in [2.24, 2.45) is 0 Å². The van der Waals surface area contributed by atoms with Gasteiger partial charge >= 0.3 is 5.69 Å². The highest BCUT2D eigenvalue weighted by molar-refractivity contribution is 9.10. The van der Waals surface area contributed by atoms with Gasteiger partial charge in [-0.2, -0.15) is 10.2 Å². The van der Waals surface area contributed by atoms with E-state index < -0.39 is 4.92 Å². The Balaban J connectivity index is 1.40. The molecule has 0 aliphatic rings. The number of anilines is 1. The molecule has 1 N–H and O–H groups in total. The maximum absolute atomic E-state index is 12.6. The molecule has 11 heteroatoms. The molecule has 4 aromatic rings. The summed E-state index contributed by atoms with van der Waals surface area (Å²) in [7, 11) is 0. The second-order valence-electron chi connectivity index (χ2n) is 6.88. The molecule has 0 aliphatic carbocycles. The zero-order chi connectivity index (χ0) is 22.0. The van der Waals surface area contributed by atoms with Crippen molar-refractivity contribution in [1.82, 2.24) is 19.6 Å². The third-order valence-electron chi connectivity index (χ3n) is 4.52. The Kier molecular flexibility index (Phi) is 5.96. The zero-order valence-corrected chi connectivity index (χ0v) is 18.8. The van der Waals surface area contributed by atoms with Gasteiger partial charge in [0.25, 0.3) is 5.91 Å². The Morgan fingerprint density at radius 3 is 2.71 bits per heavy atom. The lowest BCUT2D eigenvalue weighted by Gasteiger charge is -2.04. The molecule has 0 radical (unpaired) electrons. The molecule has 0 fully saturated rings. The van der Waals surface area contributed by atoms with Crippen LogP contribution in [0.25, 0.3) is 0 Å². The van der Waals surface area contributed by atoms with E-state index in [0.717, 1.165) is 21.3 Å². The summed E-state index contributed by atoms with van der Waals surface area (Å²) in [5, 5.41) is 23.9. The lowest BCUT2D eigenvalue weighted by atomic mass is 10.2. The number of benzene rings is 1. The van der Waals surface area contributed by atoms with Crippen LogP contribution in [0.2, 0.25) is 0 Å². The van der Waals surface area contributed by atoms with E-state index in [-0.39, 0.29) is 11.6 Å². The largest absolute Gasteiger partial charge is 0.307 e. The van der Waals surface area contributed by atoms with Crippen LogP contribution in [-0.4, -0.2) is 30.4 Å². The van der Waals surface area contributed by atoms with Gasteiger partial charge in [-0.15, -0.1) is 11.3 Å². The number of amides is 1. The molecule has 1 aromatic carbocycles. The predicted octanol–water partition coefficient (Wildman–Crippen LogP) is 4.47. The minimum Gasteiger partial charge on any atom is -0.304 e. The lowest BCUT2D eigenvalue weighted by Crippen LogP contribution is -2.11. The third kappa shape index (κ3) is 5.06. The van der Waals surface area contributed by atoms with Gasteiger partial charge in [0, 0.05) is 16.2 Å². The summed E-state index contributed by atoms with van der Waals surface area (Å²) in [4.78, 5) is 23.4. The molecule has 0 unspecified atom stereocenters. The topological polar surface area (TPSA) is 108 Å². The van der Waals surface area contributed by atoms with E-state index in [1.807, 2.05) is 47.3 Å². The SMILES string of the molecule is Cc1cc(NC(=O)c2cc(Cn3cc([N+](=O)[O-])cn3)cs2)nn1Cc1ccc(Br)cc1. The van der Waals surface area contributed by atoms with Crippen LogP contribution < -0.4 is 5.32 Å². The van der Waals surface area contributed by atoms with Gasteiger partial charge in [0.05, 0.1) is 22.9 Å². The van der Waals surface area contributed by atoms with E-state index in [0.29, 0.717) is 23.8 Å². The van der Waals surface area contributed by atoms with Crippen LogP contribution in [0.3, 0.4) is 0 Å². The van der Waals surface area contributed by atoms with E-state index in [1.165, 1.54) is 28.4 Å². The Bertz CT molecular complexity index is 1240. The molecule has 0 aliphatic heterocycles. The molecule has 0 bridgehead atoms. The number of nitrogens with one attached hydrogen (secondary N) is 1. The summed E-state index contributed by atoms with van der Waals surface area (Å²) in [6, 6.07) is 11.6. The molecule has 0 atom stereocenters. The molecular weight excluding hydrogens is 484 g/mol. The van der Waals surface area contributed by atoms with E-state index in [1.54, 1.807) is 6.07 Å². The van der Waals surface area contributed by atoms with Gasteiger partial charge in [0.1, 0.15) is 12.4 Å². The van der Waals surface area contributed by atoms with Crippen LogP contribution in [0.15, 0.2) is 58.6 Å². The standard InChI is InChI=1S/C20H17BrN6O3S/c1-13-6-19(24-26(13)10-14-2-4-16(21)5-3-14)23-20(28)18-7-15(12-31-18)9-25-11-17(8-22-25)27(29)30/h2-8,11-12H,9-10H2,1H3,(H,23,24,28). The average molecular weight is 501 g/mol. The molecular formula is C20H17BrN6O3S. The molecule has 1 amide bonds. The summed E-state index contributed by atoms with van der Waals surface area (Å²) in [5.74, 6) is 0.230. The van der Waals surface area contributed by atoms with Crippen molar-refractivity contribution >= 4 is 44.7 Å². The minimum absolute atomic E-state index is 0.0673. The first kappa shape index (κ1) is 20.9. The highest BCUT2D eigenvalue weighted by Gasteiger charge is 2.14. The summed E-state index contributed by atoms with van der Waals surface area (Å²) in [5.41, 5.74) is 2.81. The highest BCUT2D eigenvalue weighted by atomic mass is 79.9. The Morgan fingerprint density at radius 1 is 1.23 bits per heavy atom. The molecule has 3 aromatic heterocycles. The molecule has 158 valence electrons. The molecule has 9 nitrogen and oxygen atoms in total. The maximum Gasteiger partial charge on any atom is 0.307 e. The van der Waals surface area contributed by atoms with Crippen molar-refractivity contribution in [3.05, 3.63) is 90.5 Å². The average Bonchev–Trinajstić information content (AvgIpc) is 3.45. The Morgan fingerprint density at radius 2 is 2.00 bits per heavy atom. The quantitative estimate of drug-likeness (QED) is 0.297. The second kappa shape index (κ2) is 8.82. The van der Waals surface area contributed by atoms with Gasteiger partial charge in [-0.25, -0.2) is 0 Å². The first-order chi connectivity index (χ1) is 14.9. The smallest absolute Gasteiger partial charge is 0.304 e. The van der Waals surface area contributed by atoms with Crippen LogP contribution in [-0.2, 0) is 13.1 Å². The predicted molar refractivity (Wildman–Crippen MR) is 120 cm³/mol. The summed E-state index contributed by atoms with van der Waals surface area (Å²) in [6.07, 6.45) is 2.56. The molecule has 0 saturated carbocycles. The number of aryl methyl sites for hydroxylation is 1. The van der Waals surface area contributed by atoms with E-state index >= 15 is 0 Å². The summed E-state index contributed by atoms with van der Waals surface area (Å²) < 4.78 is 4.32. The highest BCUT2D eigenvalue weighted by Crippen LogP contribution is 2.19. The molecule has 0 saturated heterocycles. The third-order valence-corrected chi connectivity index (χ3v) is 6.03. The van der Waals surface area contributed by atoms with Crippen LogP contribution in [0.4, 0.5) is 11.5 Å². The minimum atomic E-state index is -0.492. The van der Waals surface area contributed by atoms with Crippen LogP contribution in [0.5, 0.6) is 0 Å². The van der Waals surface area contributed by atoms with Crippen LogP contribution >= 0.6 is 27.3 Å². The normalized spacial score (nSPS) is 10.9. The number of halogens is 1. The van der Waals surface area contributed by atoms with Crippen LogP contribution in [0.1, 0.15) is 26.5 Å². The van der Waals surface area contributed by atoms with Gasteiger partial charge in [0.2, 0.25) is 0 Å². The Hall–Kier alpha value is -3.31. The number of thiophene rings is 1. The van der Waals surface area contributed by atoms with E-state index in [9.17, 15) is 14.9 Å². The number of hydrogen-bond donors (Lipinski definition) is 1. The number of nitrogens with zero attached hydrogens (tertiary/aromatic N) is 5. The summed E-state index contributed by atoms with van der Waals surface area (Å²) in [6.45, 7) is 2.89. The van der Waals surface area contributed by atoms with E-state index in [2.05, 4.69) is 31.4 Å². The number of carbonyl (C=O) groups excluding carboxylic acids is 1. The maximum atomic E-state index is 12.6. The van der Waals surface area contributed by atoms with E-state index in [4.69, 9.17) is 0 Å². The number of hydrogen-bond acceptors (Lipinski definition) is 6. The number of nitro groups is 1. The molecule has 3 heterocycles. The van der Waals surface area contributed by atoms with Crippen molar-refractivity contribution in [2.75, 3.05) is 5.32 Å². The first-order valence-corrected chi connectivity index (χ1v) is 10.9. The number of rotatable bonds is 7. The lowest BCUT2D eigenvalue weighted by molar-refractivity contribution is -0.385. The van der Waals surface area contributed by atoms with Crippen molar-refractivity contribution < 1.29 is 9.72 Å². The van der Waals surface area contributed by atoms with Crippen molar-refractivity contribution in [3.8, 4) is 0 Å². The second-order valence-corrected chi connectivity index (χ2v) is 8.71. The van der Waals surface area contributed by atoms with Gasteiger partial charge in [-0.3, -0.25) is 24.3 Å². The van der Waals surface area contributed by atoms with Gasteiger partial charge in [-0.05, 0) is 41.6 Å². The van der Waals surface area contributed by atoms with Gasteiger partial charge in [-0.1, -0.05) is 28.1 Å². The fraction of sp³-hybridized carbons (Fsp3) is 0.150. The van der Waals surface area contributed by atoms with Crippen LogP contribution in [0, 0.1) is 17.0 Å². The van der Waals surface area contributed by atoms with Crippen molar-refractivity contribution in [1.29, 1.82) is 0 Å². The summed E-state index contributed by atoms with van der Waals surface area (Å²) >= 11 is 4.72.